The van der Waals surface area contributed by atoms with Crippen LogP contribution in [0.4, 0.5) is 0 Å². The third kappa shape index (κ3) is 4.57. The highest BCUT2D eigenvalue weighted by molar-refractivity contribution is 5.42. The molecule has 1 atom stereocenters. The van der Waals surface area contributed by atoms with Crippen molar-refractivity contribution in [2.45, 2.75) is 39.2 Å². The Hall–Kier alpha value is -1.22. The standard InChI is InChI=1S/C15H25NO2/c1-5-13(16-3)7-6-10-18-14-9-8-12(2)11-15(14)17-4/h8-9,11,13,16H,5-7,10H2,1-4H3. The van der Waals surface area contributed by atoms with Crippen LogP contribution in [0.15, 0.2) is 18.2 Å². The van der Waals surface area contributed by atoms with E-state index in [-0.39, 0.29) is 0 Å². The Morgan fingerprint density at radius 2 is 2.06 bits per heavy atom. The first-order valence-electron chi connectivity index (χ1n) is 6.66. The van der Waals surface area contributed by atoms with Gasteiger partial charge in [-0.15, -0.1) is 0 Å². The topological polar surface area (TPSA) is 30.5 Å². The summed E-state index contributed by atoms with van der Waals surface area (Å²) in [6.45, 7) is 4.98. The van der Waals surface area contributed by atoms with Gasteiger partial charge in [-0.3, -0.25) is 0 Å². The monoisotopic (exact) mass is 251 g/mol. The van der Waals surface area contributed by atoms with E-state index in [1.807, 2.05) is 32.2 Å². The molecule has 0 aliphatic rings. The molecule has 0 radical (unpaired) electrons. The summed E-state index contributed by atoms with van der Waals surface area (Å²) in [5.41, 5.74) is 1.18. The Kier molecular flexibility index (Phi) is 6.58. The zero-order valence-electron chi connectivity index (χ0n) is 12.0. The number of hydrogen-bond donors (Lipinski definition) is 1. The molecule has 0 amide bonds. The number of aryl methyl sites for hydroxylation is 1. The Labute approximate surface area is 110 Å². The number of benzene rings is 1. The molecule has 0 fully saturated rings. The fraction of sp³-hybridized carbons (Fsp3) is 0.600. The Morgan fingerprint density at radius 1 is 1.28 bits per heavy atom. The van der Waals surface area contributed by atoms with E-state index in [0.29, 0.717) is 6.04 Å². The zero-order chi connectivity index (χ0) is 13.4. The fourth-order valence-corrected chi connectivity index (χ4v) is 1.96. The molecule has 1 aromatic rings. The predicted octanol–water partition coefficient (Wildman–Crippen LogP) is 3.16. The van der Waals surface area contributed by atoms with Crippen LogP contribution in [0.1, 0.15) is 31.7 Å². The second-order valence-corrected chi connectivity index (χ2v) is 4.54. The van der Waals surface area contributed by atoms with Crippen LogP contribution >= 0.6 is 0 Å². The van der Waals surface area contributed by atoms with E-state index in [1.54, 1.807) is 7.11 Å². The second kappa shape index (κ2) is 7.98. The summed E-state index contributed by atoms with van der Waals surface area (Å²) in [5, 5.41) is 3.30. The largest absolute Gasteiger partial charge is 0.493 e. The number of methoxy groups -OCH3 is 1. The molecule has 1 N–H and O–H groups in total. The van der Waals surface area contributed by atoms with Crippen molar-refractivity contribution in [2.75, 3.05) is 20.8 Å². The minimum Gasteiger partial charge on any atom is -0.493 e. The minimum atomic E-state index is 0.591. The molecule has 3 heteroatoms. The van der Waals surface area contributed by atoms with Gasteiger partial charge in [0.1, 0.15) is 0 Å². The van der Waals surface area contributed by atoms with E-state index in [1.165, 1.54) is 5.56 Å². The van der Waals surface area contributed by atoms with Crippen LogP contribution in [0.25, 0.3) is 0 Å². The number of ether oxygens (including phenoxy) is 2. The molecule has 0 aliphatic carbocycles. The van der Waals surface area contributed by atoms with Gasteiger partial charge in [-0.2, -0.15) is 0 Å². The van der Waals surface area contributed by atoms with Gasteiger partial charge in [-0.25, -0.2) is 0 Å². The van der Waals surface area contributed by atoms with Gasteiger partial charge >= 0.3 is 0 Å². The third-order valence-corrected chi connectivity index (χ3v) is 3.17. The smallest absolute Gasteiger partial charge is 0.161 e. The van der Waals surface area contributed by atoms with Crippen LogP contribution in [-0.4, -0.2) is 26.8 Å². The molecule has 3 nitrogen and oxygen atoms in total. The molecule has 0 bridgehead atoms. The van der Waals surface area contributed by atoms with Crippen molar-refractivity contribution in [1.29, 1.82) is 0 Å². The van der Waals surface area contributed by atoms with Crippen molar-refractivity contribution in [2.24, 2.45) is 0 Å². The van der Waals surface area contributed by atoms with Crippen molar-refractivity contribution in [3.63, 3.8) is 0 Å². The SMILES string of the molecule is CCC(CCCOc1ccc(C)cc1OC)NC. The summed E-state index contributed by atoms with van der Waals surface area (Å²) < 4.78 is 11.1. The first-order chi connectivity index (χ1) is 8.71. The van der Waals surface area contributed by atoms with Crippen LogP contribution < -0.4 is 14.8 Å². The van der Waals surface area contributed by atoms with Crippen LogP contribution in [0.5, 0.6) is 11.5 Å². The predicted molar refractivity (Wildman–Crippen MR) is 75.6 cm³/mol. The molecule has 0 aliphatic heterocycles. The minimum absolute atomic E-state index is 0.591. The Bertz CT molecular complexity index is 348. The van der Waals surface area contributed by atoms with Crippen LogP contribution in [0.3, 0.4) is 0 Å². The van der Waals surface area contributed by atoms with Crippen molar-refractivity contribution in [3.05, 3.63) is 23.8 Å². The fourth-order valence-electron chi connectivity index (χ4n) is 1.96. The molecule has 0 heterocycles. The molecule has 0 aromatic heterocycles. The Balaban J connectivity index is 2.39. The van der Waals surface area contributed by atoms with Crippen molar-refractivity contribution < 1.29 is 9.47 Å². The van der Waals surface area contributed by atoms with E-state index in [2.05, 4.69) is 12.2 Å². The maximum absolute atomic E-state index is 5.77. The quantitative estimate of drug-likeness (QED) is 0.720. The van der Waals surface area contributed by atoms with Crippen molar-refractivity contribution in [1.82, 2.24) is 5.32 Å². The van der Waals surface area contributed by atoms with Gasteiger partial charge in [-0.05, 0) is 50.9 Å². The van der Waals surface area contributed by atoms with E-state index in [0.717, 1.165) is 37.4 Å². The maximum Gasteiger partial charge on any atom is 0.161 e. The molecule has 102 valence electrons. The number of nitrogens with one attached hydrogen (secondary N) is 1. The molecular formula is C15H25NO2. The maximum atomic E-state index is 5.77. The molecule has 1 aromatic carbocycles. The highest BCUT2D eigenvalue weighted by Gasteiger charge is 2.05. The van der Waals surface area contributed by atoms with Gasteiger partial charge in [0.2, 0.25) is 0 Å². The summed E-state index contributed by atoms with van der Waals surface area (Å²) in [5.74, 6) is 1.65. The van der Waals surface area contributed by atoms with Crippen LogP contribution in [0, 0.1) is 6.92 Å². The molecule has 1 rings (SSSR count). The van der Waals surface area contributed by atoms with Crippen LogP contribution in [-0.2, 0) is 0 Å². The highest BCUT2D eigenvalue weighted by atomic mass is 16.5. The first-order valence-corrected chi connectivity index (χ1v) is 6.66. The summed E-state index contributed by atoms with van der Waals surface area (Å²) in [7, 11) is 3.69. The second-order valence-electron chi connectivity index (χ2n) is 4.54. The van der Waals surface area contributed by atoms with Crippen LogP contribution in [0.2, 0.25) is 0 Å². The molecule has 1 unspecified atom stereocenters. The van der Waals surface area contributed by atoms with Gasteiger partial charge in [-0.1, -0.05) is 13.0 Å². The van der Waals surface area contributed by atoms with Gasteiger partial charge in [0.05, 0.1) is 13.7 Å². The molecular weight excluding hydrogens is 226 g/mol. The molecule has 0 saturated carbocycles. The normalized spacial score (nSPS) is 12.2. The van der Waals surface area contributed by atoms with E-state index < -0.39 is 0 Å². The molecule has 0 spiro atoms. The summed E-state index contributed by atoms with van der Waals surface area (Å²) in [4.78, 5) is 0. The van der Waals surface area contributed by atoms with E-state index >= 15 is 0 Å². The van der Waals surface area contributed by atoms with Gasteiger partial charge in [0, 0.05) is 6.04 Å². The average molecular weight is 251 g/mol. The number of rotatable bonds is 8. The summed E-state index contributed by atoms with van der Waals surface area (Å²) in [6, 6.07) is 6.61. The third-order valence-electron chi connectivity index (χ3n) is 3.17. The lowest BCUT2D eigenvalue weighted by Gasteiger charge is -2.14. The zero-order valence-corrected chi connectivity index (χ0v) is 12.0. The van der Waals surface area contributed by atoms with Gasteiger partial charge < -0.3 is 14.8 Å². The first kappa shape index (κ1) is 14.8. The number of hydrogen-bond acceptors (Lipinski definition) is 3. The van der Waals surface area contributed by atoms with E-state index in [4.69, 9.17) is 9.47 Å². The van der Waals surface area contributed by atoms with Crippen molar-refractivity contribution in [3.8, 4) is 11.5 Å². The van der Waals surface area contributed by atoms with Crippen molar-refractivity contribution >= 4 is 0 Å². The summed E-state index contributed by atoms with van der Waals surface area (Å²) in [6.07, 6.45) is 3.35. The average Bonchev–Trinajstić information content (AvgIpc) is 2.40. The lowest BCUT2D eigenvalue weighted by molar-refractivity contribution is 0.279. The Morgan fingerprint density at radius 3 is 2.67 bits per heavy atom. The highest BCUT2D eigenvalue weighted by Crippen LogP contribution is 2.27. The van der Waals surface area contributed by atoms with E-state index in [9.17, 15) is 0 Å². The lowest BCUT2D eigenvalue weighted by Crippen LogP contribution is -2.24. The van der Waals surface area contributed by atoms with Gasteiger partial charge in [0.25, 0.3) is 0 Å². The molecule has 18 heavy (non-hydrogen) atoms. The summed E-state index contributed by atoms with van der Waals surface area (Å²) >= 11 is 0. The molecule has 0 saturated heterocycles. The lowest BCUT2D eigenvalue weighted by atomic mass is 10.1. The van der Waals surface area contributed by atoms with Gasteiger partial charge in [0.15, 0.2) is 11.5 Å².